The second-order valence-corrected chi connectivity index (χ2v) is 8.38. The zero-order valence-electron chi connectivity index (χ0n) is 18.2. The summed E-state index contributed by atoms with van der Waals surface area (Å²) in [4.78, 5) is 8.38. The van der Waals surface area contributed by atoms with E-state index in [1.807, 2.05) is 60.7 Å². The molecule has 0 saturated carbocycles. The van der Waals surface area contributed by atoms with E-state index in [-0.39, 0.29) is 16.9 Å². The Morgan fingerprint density at radius 3 is 2.22 bits per heavy atom. The Bertz CT molecular complexity index is 1230. The number of nitrogens with zero attached hydrogens (tertiary/aromatic N) is 3. The average Bonchev–Trinajstić information content (AvgIpc) is 3.25. The standard InChI is InChI=1S/C24H25N7O/c1-24(2,3)18-13-19(31-32-18)29-16-9-11-17(12-10-16)30-23-20(22(26)27-14-28-23)21(25)15-7-5-4-6-8-15/h4-14,25H,1-3H3,(H,29,31)(H3,26,27,28,30). The molecule has 32 heavy (non-hydrogen) atoms. The molecule has 0 bridgehead atoms. The van der Waals surface area contributed by atoms with Gasteiger partial charge in [-0.25, -0.2) is 9.97 Å². The van der Waals surface area contributed by atoms with Gasteiger partial charge in [0.25, 0.3) is 0 Å². The highest BCUT2D eigenvalue weighted by Gasteiger charge is 2.20. The Morgan fingerprint density at radius 2 is 1.59 bits per heavy atom. The molecule has 0 aliphatic carbocycles. The molecule has 0 aliphatic rings. The van der Waals surface area contributed by atoms with E-state index in [1.54, 1.807) is 0 Å². The van der Waals surface area contributed by atoms with Crippen molar-refractivity contribution in [1.82, 2.24) is 15.1 Å². The number of aromatic nitrogens is 3. The van der Waals surface area contributed by atoms with Crippen LogP contribution in [0.4, 0.5) is 28.8 Å². The Kier molecular flexibility index (Phi) is 5.59. The highest BCUT2D eigenvalue weighted by atomic mass is 16.5. The predicted octanol–water partition coefficient (Wildman–Crippen LogP) is 5.25. The molecular weight excluding hydrogens is 402 g/mol. The second kappa shape index (κ2) is 8.50. The summed E-state index contributed by atoms with van der Waals surface area (Å²) >= 11 is 0. The summed E-state index contributed by atoms with van der Waals surface area (Å²) in [5.41, 5.74) is 9.10. The molecule has 0 fully saturated rings. The summed E-state index contributed by atoms with van der Waals surface area (Å²) in [7, 11) is 0. The summed E-state index contributed by atoms with van der Waals surface area (Å²) in [5, 5.41) is 19.2. The molecule has 0 spiro atoms. The topological polar surface area (TPSA) is 126 Å². The Hall–Kier alpha value is -4.20. The first-order chi connectivity index (χ1) is 15.3. The molecule has 0 aliphatic heterocycles. The summed E-state index contributed by atoms with van der Waals surface area (Å²) in [5.74, 6) is 2.18. The van der Waals surface area contributed by atoms with Crippen LogP contribution in [0.15, 0.2) is 71.5 Å². The van der Waals surface area contributed by atoms with Crippen LogP contribution in [0.3, 0.4) is 0 Å². The SMILES string of the molecule is CC(C)(C)c1cc(Nc2ccc(Nc3ncnc(N)c3C(=N)c3ccccc3)cc2)no1. The van der Waals surface area contributed by atoms with Crippen molar-refractivity contribution in [2.45, 2.75) is 26.2 Å². The lowest BCUT2D eigenvalue weighted by molar-refractivity contribution is 0.331. The van der Waals surface area contributed by atoms with Gasteiger partial charge in [-0.1, -0.05) is 56.3 Å². The van der Waals surface area contributed by atoms with E-state index < -0.39 is 0 Å². The molecule has 162 valence electrons. The van der Waals surface area contributed by atoms with Crippen molar-refractivity contribution in [2.24, 2.45) is 0 Å². The average molecular weight is 428 g/mol. The third-order valence-corrected chi connectivity index (χ3v) is 4.86. The number of nitrogens with one attached hydrogen (secondary N) is 3. The van der Waals surface area contributed by atoms with Crippen LogP contribution in [0.5, 0.6) is 0 Å². The predicted molar refractivity (Wildman–Crippen MR) is 127 cm³/mol. The molecule has 2 aromatic carbocycles. The first kappa shape index (κ1) is 21.0. The molecular formula is C24H25N7O. The molecule has 4 aromatic rings. The van der Waals surface area contributed by atoms with E-state index in [0.717, 1.165) is 22.7 Å². The van der Waals surface area contributed by atoms with Crippen molar-refractivity contribution in [3.8, 4) is 0 Å². The first-order valence-corrected chi connectivity index (χ1v) is 10.2. The normalized spacial score (nSPS) is 11.2. The van der Waals surface area contributed by atoms with Crippen LogP contribution in [0.1, 0.15) is 37.7 Å². The van der Waals surface area contributed by atoms with Gasteiger partial charge in [-0.3, -0.25) is 5.41 Å². The lowest BCUT2D eigenvalue weighted by Crippen LogP contribution is -2.12. The van der Waals surface area contributed by atoms with E-state index in [4.69, 9.17) is 15.7 Å². The molecule has 2 aromatic heterocycles. The van der Waals surface area contributed by atoms with Gasteiger partial charge in [0.05, 0.1) is 11.3 Å². The monoisotopic (exact) mass is 427 g/mol. The maximum absolute atomic E-state index is 8.60. The van der Waals surface area contributed by atoms with Crippen molar-refractivity contribution in [3.63, 3.8) is 0 Å². The molecule has 0 radical (unpaired) electrons. The van der Waals surface area contributed by atoms with E-state index in [9.17, 15) is 0 Å². The van der Waals surface area contributed by atoms with Crippen LogP contribution in [0.25, 0.3) is 0 Å². The fraction of sp³-hybridized carbons (Fsp3) is 0.167. The number of nitrogen functional groups attached to an aromatic ring is 1. The Balaban J connectivity index is 1.52. The first-order valence-electron chi connectivity index (χ1n) is 10.2. The van der Waals surface area contributed by atoms with Gasteiger partial charge in [0, 0.05) is 28.4 Å². The van der Waals surface area contributed by atoms with Crippen LogP contribution in [-0.4, -0.2) is 20.8 Å². The van der Waals surface area contributed by atoms with Gasteiger partial charge in [-0.15, -0.1) is 0 Å². The van der Waals surface area contributed by atoms with E-state index in [1.165, 1.54) is 6.33 Å². The molecule has 5 N–H and O–H groups in total. The third kappa shape index (κ3) is 4.59. The lowest BCUT2D eigenvalue weighted by atomic mass is 9.93. The summed E-state index contributed by atoms with van der Waals surface area (Å²) < 4.78 is 5.42. The Morgan fingerprint density at radius 1 is 0.938 bits per heavy atom. The maximum Gasteiger partial charge on any atom is 0.174 e. The minimum Gasteiger partial charge on any atom is -0.383 e. The lowest BCUT2D eigenvalue weighted by Gasteiger charge is -2.14. The summed E-state index contributed by atoms with van der Waals surface area (Å²) in [6.07, 6.45) is 1.38. The minimum atomic E-state index is -0.106. The van der Waals surface area contributed by atoms with Gasteiger partial charge >= 0.3 is 0 Å². The van der Waals surface area contributed by atoms with Crippen molar-refractivity contribution in [1.29, 1.82) is 5.41 Å². The molecule has 2 heterocycles. The molecule has 0 saturated heterocycles. The Labute approximate surface area is 186 Å². The van der Waals surface area contributed by atoms with Crippen LogP contribution >= 0.6 is 0 Å². The summed E-state index contributed by atoms with van der Waals surface area (Å²) in [6, 6.07) is 18.9. The summed E-state index contributed by atoms with van der Waals surface area (Å²) in [6.45, 7) is 6.22. The van der Waals surface area contributed by atoms with E-state index in [0.29, 0.717) is 17.2 Å². The molecule has 8 heteroatoms. The fourth-order valence-electron chi connectivity index (χ4n) is 3.10. The van der Waals surface area contributed by atoms with Crippen molar-refractivity contribution in [2.75, 3.05) is 16.4 Å². The fourth-order valence-corrected chi connectivity index (χ4v) is 3.10. The number of anilines is 5. The maximum atomic E-state index is 8.60. The van der Waals surface area contributed by atoms with Crippen molar-refractivity contribution in [3.05, 3.63) is 83.9 Å². The quantitative estimate of drug-likeness (QED) is 0.310. The molecule has 0 atom stereocenters. The zero-order valence-corrected chi connectivity index (χ0v) is 18.2. The van der Waals surface area contributed by atoms with Gasteiger partial charge in [0.15, 0.2) is 5.82 Å². The molecule has 0 amide bonds. The van der Waals surface area contributed by atoms with Gasteiger partial charge < -0.3 is 20.9 Å². The molecule has 0 unspecified atom stereocenters. The van der Waals surface area contributed by atoms with Gasteiger partial charge in [-0.05, 0) is 24.3 Å². The largest absolute Gasteiger partial charge is 0.383 e. The molecule has 4 rings (SSSR count). The van der Waals surface area contributed by atoms with Gasteiger partial charge in [-0.2, -0.15) is 0 Å². The van der Waals surface area contributed by atoms with Crippen LogP contribution in [0.2, 0.25) is 0 Å². The number of benzene rings is 2. The van der Waals surface area contributed by atoms with Gasteiger partial charge in [0.1, 0.15) is 23.7 Å². The number of hydrogen-bond donors (Lipinski definition) is 4. The van der Waals surface area contributed by atoms with Crippen molar-refractivity contribution < 1.29 is 4.52 Å². The zero-order chi connectivity index (χ0) is 22.7. The number of nitrogens with two attached hydrogens (primary N) is 1. The number of hydrogen-bond acceptors (Lipinski definition) is 8. The van der Waals surface area contributed by atoms with Crippen molar-refractivity contribution >= 4 is 34.5 Å². The third-order valence-electron chi connectivity index (χ3n) is 4.86. The highest BCUT2D eigenvalue weighted by molar-refractivity contribution is 6.16. The van der Waals surface area contributed by atoms with Crippen LogP contribution < -0.4 is 16.4 Å². The van der Waals surface area contributed by atoms with Crippen LogP contribution in [0, 0.1) is 5.41 Å². The van der Waals surface area contributed by atoms with E-state index >= 15 is 0 Å². The second-order valence-electron chi connectivity index (χ2n) is 8.38. The number of rotatable bonds is 6. The van der Waals surface area contributed by atoms with Gasteiger partial charge in [0.2, 0.25) is 0 Å². The highest BCUT2D eigenvalue weighted by Crippen LogP contribution is 2.28. The minimum absolute atomic E-state index is 0.106. The molecule has 8 nitrogen and oxygen atoms in total. The smallest absolute Gasteiger partial charge is 0.174 e. The van der Waals surface area contributed by atoms with Crippen LogP contribution in [-0.2, 0) is 5.41 Å². The van der Waals surface area contributed by atoms with E-state index in [2.05, 4.69) is 46.5 Å².